The van der Waals surface area contributed by atoms with E-state index >= 15 is 0 Å². The van der Waals surface area contributed by atoms with Crippen molar-refractivity contribution in [1.29, 1.82) is 5.26 Å². The van der Waals surface area contributed by atoms with Gasteiger partial charge < -0.3 is 9.67 Å². The van der Waals surface area contributed by atoms with Crippen LogP contribution in [-0.4, -0.2) is 30.3 Å². The van der Waals surface area contributed by atoms with Gasteiger partial charge in [0.05, 0.1) is 10.5 Å². The van der Waals surface area contributed by atoms with Crippen LogP contribution in [0.15, 0.2) is 29.3 Å². The molecule has 0 radical (unpaired) electrons. The van der Waals surface area contributed by atoms with Gasteiger partial charge in [0.2, 0.25) is 0 Å². The molecule has 0 spiro atoms. The lowest BCUT2D eigenvalue weighted by Gasteiger charge is -2.29. The predicted octanol–water partition coefficient (Wildman–Crippen LogP) is 2.51. The fourth-order valence-corrected chi connectivity index (χ4v) is 3.92. The van der Waals surface area contributed by atoms with Gasteiger partial charge in [-0.2, -0.15) is 5.26 Å². The molecule has 0 bridgehead atoms. The van der Waals surface area contributed by atoms with Crippen LogP contribution < -0.4 is 0 Å². The molecule has 3 rings (SSSR count). The minimum absolute atomic E-state index is 0.172. The van der Waals surface area contributed by atoms with Crippen molar-refractivity contribution in [2.24, 2.45) is 0 Å². The Balaban J connectivity index is 2.30. The van der Waals surface area contributed by atoms with Crippen molar-refractivity contribution in [1.82, 2.24) is 4.57 Å². The molecule has 1 aromatic carbocycles. The summed E-state index contributed by atoms with van der Waals surface area (Å²) in [7, 11) is -3.89. The molecule has 1 N–H and O–H groups in total. The molecule has 0 saturated carbocycles. The van der Waals surface area contributed by atoms with Gasteiger partial charge >= 0.3 is 0 Å². The molecule has 2 aromatic rings. The van der Waals surface area contributed by atoms with E-state index in [0.717, 1.165) is 18.5 Å². The molecular weight excluding hydrogens is 357 g/mol. The van der Waals surface area contributed by atoms with Crippen LogP contribution in [-0.2, 0) is 16.3 Å². The summed E-state index contributed by atoms with van der Waals surface area (Å²) in [4.78, 5) is -0.405. The third-order valence-electron chi connectivity index (χ3n) is 4.23. The van der Waals surface area contributed by atoms with Gasteiger partial charge in [0.15, 0.2) is 9.84 Å². The summed E-state index contributed by atoms with van der Waals surface area (Å²) in [5.41, 5.74) is -0.153. The van der Waals surface area contributed by atoms with Crippen molar-refractivity contribution in [3.8, 4) is 11.8 Å². The summed E-state index contributed by atoms with van der Waals surface area (Å²) in [6.45, 7) is 0. The van der Waals surface area contributed by atoms with E-state index in [-0.39, 0.29) is 28.9 Å². The average molecular weight is 370 g/mol. The minimum Gasteiger partial charge on any atom is -0.382 e. The summed E-state index contributed by atoms with van der Waals surface area (Å²) < 4.78 is 66.6. The van der Waals surface area contributed by atoms with Crippen LogP contribution in [0.1, 0.15) is 29.3 Å². The average Bonchev–Trinajstić information content (AvgIpc) is 2.92. The number of benzene rings is 1. The molecule has 1 atom stereocenters. The maximum atomic E-state index is 13.9. The zero-order valence-corrected chi connectivity index (χ0v) is 13.8. The highest BCUT2D eigenvalue weighted by atomic mass is 32.2. The molecule has 0 amide bonds. The van der Waals surface area contributed by atoms with E-state index in [1.165, 1.54) is 16.7 Å². The Morgan fingerprint density at radius 2 is 2.08 bits per heavy atom. The van der Waals surface area contributed by atoms with E-state index in [4.69, 9.17) is 5.26 Å². The van der Waals surface area contributed by atoms with Crippen LogP contribution in [0, 0.1) is 17.1 Å². The minimum atomic E-state index is -3.89. The topological polar surface area (TPSA) is 83.1 Å². The van der Waals surface area contributed by atoms with Gasteiger partial charge in [-0.15, -0.1) is 0 Å². The first-order valence-corrected chi connectivity index (χ1v) is 9.15. The van der Waals surface area contributed by atoms with E-state index in [1.807, 2.05) is 0 Å². The standard InChI is InChI=1S/C16H13F3N2O3S/c1-25(23,24)13-8-21(10-2-3-11(17)9(6-10)7-20)12-4-5-16(18,19)15(22)14(12)13/h2-3,6,8,15,22H,4-5H2,1H3/t15-/m0/s1. The summed E-state index contributed by atoms with van der Waals surface area (Å²) in [5, 5.41) is 18.9. The maximum Gasteiger partial charge on any atom is 0.278 e. The van der Waals surface area contributed by atoms with Crippen molar-refractivity contribution in [3.63, 3.8) is 0 Å². The molecule has 9 heteroatoms. The van der Waals surface area contributed by atoms with Gasteiger partial charge in [-0.25, -0.2) is 21.6 Å². The lowest BCUT2D eigenvalue weighted by Crippen LogP contribution is -2.32. The SMILES string of the molecule is CS(=O)(=O)c1cn(-c2ccc(F)c(C#N)c2)c2c1[C@H](O)C(F)(F)CC2. The second-order valence-corrected chi connectivity index (χ2v) is 7.92. The van der Waals surface area contributed by atoms with E-state index < -0.39 is 39.0 Å². The molecule has 0 fully saturated rings. The van der Waals surface area contributed by atoms with E-state index in [0.29, 0.717) is 0 Å². The number of nitrogens with zero attached hydrogens (tertiary/aromatic N) is 2. The zero-order valence-electron chi connectivity index (χ0n) is 13.0. The Morgan fingerprint density at radius 3 is 2.68 bits per heavy atom. The third kappa shape index (κ3) is 2.81. The van der Waals surface area contributed by atoms with Gasteiger partial charge in [-0.1, -0.05) is 0 Å². The molecule has 1 aliphatic carbocycles. The molecule has 132 valence electrons. The first kappa shape index (κ1) is 17.5. The Morgan fingerprint density at radius 1 is 1.40 bits per heavy atom. The predicted molar refractivity (Wildman–Crippen MR) is 81.8 cm³/mol. The summed E-state index contributed by atoms with van der Waals surface area (Å²) in [6, 6.07) is 5.21. The number of rotatable bonds is 2. The highest BCUT2D eigenvalue weighted by Gasteiger charge is 2.47. The summed E-state index contributed by atoms with van der Waals surface area (Å²) >= 11 is 0. The number of nitriles is 1. The normalized spacial score (nSPS) is 19.3. The van der Waals surface area contributed by atoms with Gasteiger partial charge in [-0.3, -0.25) is 0 Å². The number of halogens is 3. The molecule has 0 saturated heterocycles. The van der Waals surface area contributed by atoms with Crippen LogP contribution in [0.5, 0.6) is 0 Å². The molecule has 1 heterocycles. The number of aliphatic hydroxyl groups excluding tert-OH is 1. The van der Waals surface area contributed by atoms with Crippen molar-refractivity contribution in [2.45, 2.75) is 29.8 Å². The Bertz CT molecular complexity index is 1010. The van der Waals surface area contributed by atoms with Gasteiger partial charge in [0.1, 0.15) is 18.0 Å². The van der Waals surface area contributed by atoms with E-state index in [2.05, 4.69) is 0 Å². The first-order valence-electron chi connectivity index (χ1n) is 7.26. The number of hydrogen-bond donors (Lipinski definition) is 1. The zero-order chi connectivity index (χ0) is 18.6. The van der Waals surface area contributed by atoms with Crippen LogP contribution in [0.2, 0.25) is 0 Å². The number of alkyl halides is 2. The third-order valence-corrected chi connectivity index (χ3v) is 5.35. The number of sulfone groups is 1. The lowest BCUT2D eigenvalue weighted by atomic mass is 9.91. The Kier molecular flexibility index (Phi) is 3.93. The number of aromatic nitrogens is 1. The number of aliphatic hydroxyl groups is 1. The quantitative estimate of drug-likeness (QED) is 0.881. The molecule has 25 heavy (non-hydrogen) atoms. The van der Waals surface area contributed by atoms with Crippen molar-refractivity contribution in [2.75, 3.05) is 6.26 Å². The Hall–Kier alpha value is -2.31. The second-order valence-electron chi connectivity index (χ2n) is 5.94. The molecular formula is C16H13F3N2O3S. The molecule has 1 aromatic heterocycles. The van der Waals surface area contributed by atoms with Crippen LogP contribution >= 0.6 is 0 Å². The fraction of sp³-hybridized carbons (Fsp3) is 0.312. The molecule has 0 unspecified atom stereocenters. The van der Waals surface area contributed by atoms with Gasteiger partial charge in [0.25, 0.3) is 5.92 Å². The summed E-state index contributed by atoms with van der Waals surface area (Å²) in [5.74, 6) is -4.19. The van der Waals surface area contributed by atoms with Gasteiger partial charge in [0, 0.05) is 35.8 Å². The highest BCUT2D eigenvalue weighted by molar-refractivity contribution is 7.90. The van der Waals surface area contributed by atoms with Crippen molar-refractivity contribution in [3.05, 3.63) is 47.0 Å². The molecule has 1 aliphatic rings. The van der Waals surface area contributed by atoms with E-state index in [1.54, 1.807) is 6.07 Å². The lowest BCUT2D eigenvalue weighted by molar-refractivity contribution is -0.123. The van der Waals surface area contributed by atoms with Gasteiger partial charge in [-0.05, 0) is 24.6 Å². The monoisotopic (exact) mass is 370 g/mol. The molecule has 0 aliphatic heterocycles. The van der Waals surface area contributed by atoms with Crippen molar-refractivity contribution >= 4 is 9.84 Å². The highest BCUT2D eigenvalue weighted by Crippen LogP contribution is 2.45. The largest absolute Gasteiger partial charge is 0.382 e. The smallest absolute Gasteiger partial charge is 0.278 e. The summed E-state index contributed by atoms with van der Waals surface area (Å²) in [6.07, 6.45) is -1.09. The Labute approximate surface area is 141 Å². The van der Waals surface area contributed by atoms with Crippen LogP contribution in [0.3, 0.4) is 0 Å². The maximum absolute atomic E-state index is 13.9. The number of hydrogen-bond acceptors (Lipinski definition) is 4. The second kappa shape index (κ2) is 5.61. The first-order chi connectivity index (χ1) is 11.6. The van der Waals surface area contributed by atoms with Crippen LogP contribution in [0.4, 0.5) is 13.2 Å². The van der Waals surface area contributed by atoms with E-state index in [9.17, 15) is 26.7 Å². The van der Waals surface area contributed by atoms with Crippen molar-refractivity contribution < 1.29 is 26.7 Å². The van der Waals surface area contributed by atoms with Crippen LogP contribution in [0.25, 0.3) is 5.69 Å². The number of fused-ring (bicyclic) bond motifs is 1. The molecule has 5 nitrogen and oxygen atoms in total. The fourth-order valence-electron chi connectivity index (χ4n) is 2.99.